The van der Waals surface area contributed by atoms with Gasteiger partial charge < -0.3 is 24.8 Å². The summed E-state index contributed by atoms with van der Waals surface area (Å²) in [5.41, 5.74) is 3.18. The number of fused-ring (bicyclic) bond motifs is 1. The van der Waals surface area contributed by atoms with Gasteiger partial charge in [-0.1, -0.05) is 24.4 Å². The Kier molecular flexibility index (Phi) is 6.53. The van der Waals surface area contributed by atoms with E-state index in [0.29, 0.717) is 23.8 Å². The molecule has 0 bridgehead atoms. The van der Waals surface area contributed by atoms with E-state index >= 15 is 0 Å². The fourth-order valence-corrected chi connectivity index (χ4v) is 4.61. The van der Waals surface area contributed by atoms with Gasteiger partial charge in [0, 0.05) is 36.6 Å². The zero-order chi connectivity index (χ0) is 21.8. The molecule has 0 radical (unpaired) electrons. The maximum Gasteiger partial charge on any atom is 0.511 e. The minimum absolute atomic E-state index is 0.304. The molecule has 1 saturated heterocycles. The minimum atomic E-state index is -1.32. The summed E-state index contributed by atoms with van der Waals surface area (Å²) in [6.07, 6.45) is 4.39. The lowest BCUT2D eigenvalue weighted by Crippen LogP contribution is -2.35. The van der Waals surface area contributed by atoms with E-state index in [0.717, 1.165) is 60.2 Å². The maximum atomic E-state index is 10.8. The number of aromatic nitrogens is 1. The van der Waals surface area contributed by atoms with Crippen LogP contribution in [-0.2, 0) is 6.42 Å². The molecule has 0 aliphatic carbocycles. The van der Waals surface area contributed by atoms with Crippen LogP contribution < -0.4 is 4.74 Å². The average Bonchev–Trinajstić information content (AvgIpc) is 3.14. The summed E-state index contributed by atoms with van der Waals surface area (Å²) in [6.45, 7) is 2.97. The molecule has 1 aliphatic heterocycles. The molecule has 0 amide bonds. The SMILES string of the molecule is O=C(O)Oc1ccc2[nH]cc(CC(=S)CCN3CCCC(c4cccc(O)c4)C3)c2c1. The van der Waals surface area contributed by atoms with Crippen molar-refractivity contribution in [3.05, 3.63) is 59.8 Å². The molecule has 1 unspecified atom stereocenters. The van der Waals surface area contributed by atoms with E-state index in [-0.39, 0.29) is 0 Å². The summed E-state index contributed by atoms with van der Waals surface area (Å²) < 4.78 is 4.78. The molecule has 4 rings (SSSR count). The van der Waals surface area contributed by atoms with Gasteiger partial charge in [0.2, 0.25) is 0 Å². The highest BCUT2D eigenvalue weighted by Gasteiger charge is 2.21. The second-order valence-electron chi connectivity index (χ2n) is 8.09. The van der Waals surface area contributed by atoms with Crippen LogP contribution in [0.25, 0.3) is 10.9 Å². The van der Waals surface area contributed by atoms with Crippen LogP contribution >= 0.6 is 12.2 Å². The number of nitrogens with one attached hydrogen (secondary N) is 1. The molecule has 1 atom stereocenters. The van der Waals surface area contributed by atoms with Gasteiger partial charge >= 0.3 is 6.16 Å². The number of aromatic hydroxyl groups is 1. The highest BCUT2D eigenvalue weighted by Crippen LogP contribution is 2.29. The van der Waals surface area contributed by atoms with Crippen molar-refractivity contribution in [2.75, 3.05) is 19.6 Å². The molecule has 0 spiro atoms. The lowest BCUT2D eigenvalue weighted by molar-refractivity contribution is 0.144. The lowest BCUT2D eigenvalue weighted by Gasteiger charge is -2.33. The maximum absolute atomic E-state index is 10.8. The third kappa shape index (κ3) is 5.42. The standard InChI is InChI=1S/C24H26N2O4S/c27-19-5-1-3-16(11-19)17-4-2-9-26(15-17)10-8-21(31)12-18-14-25-23-7-6-20(13-22(18)23)30-24(28)29/h1,3,5-7,11,13-14,17,25,27H,2,4,8-10,12,15H2,(H,28,29). The number of nitrogens with zero attached hydrogens (tertiary/aromatic N) is 1. The summed E-state index contributed by atoms with van der Waals surface area (Å²) in [4.78, 5) is 17.5. The number of H-pyrrole nitrogens is 1. The van der Waals surface area contributed by atoms with Crippen LogP contribution in [0.1, 0.15) is 36.3 Å². The van der Waals surface area contributed by atoms with E-state index in [1.165, 1.54) is 5.56 Å². The number of aromatic amines is 1. The molecule has 3 N–H and O–H groups in total. The third-order valence-electron chi connectivity index (χ3n) is 5.89. The van der Waals surface area contributed by atoms with Crippen molar-refractivity contribution in [2.24, 2.45) is 0 Å². The molecule has 31 heavy (non-hydrogen) atoms. The normalized spacial score (nSPS) is 17.0. The van der Waals surface area contributed by atoms with E-state index in [1.54, 1.807) is 18.2 Å². The van der Waals surface area contributed by atoms with E-state index in [9.17, 15) is 9.90 Å². The van der Waals surface area contributed by atoms with Gasteiger partial charge in [-0.3, -0.25) is 0 Å². The number of piperidine rings is 1. The van der Waals surface area contributed by atoms with Gasteiger partial charge in [-0.2, -0.15) is 0 Å². The molecule has 7 heteroatoms. The Morgan fingerprint density at radius 3 is 2.94 bits per heavy atom. The highest BCUT2D eigenvalue weighted by molar-refractivity contribution is 7.80. The van der Waals surface area contributed by atoms with Crippen LogP contribution in [0.3, 0.4) is 0 Å². The number of phenols is 1. The van der Waals surface area contributed by atoms with Crippen LogP contribution in [0, 0.1) is 0 Å². The second-order valence-corrected chi connectivity index (χ2v) is 8.67. The van der Waals surface area contributed by atoms with E-state index in [1.807, 2.05) is 24.4 Å². The fourth-order valence-electron chi connectivity index (χ4n) is 4.36. The lowest BCUT2D eigenvalue weighted by atomic mass is 9.90. The van der Waals surface area contributed by atoms with Crippen molar-refractivity contribution in [3.63, 3.8) is 0 Å². The van der Waals surface area contributed by atoms with Crippen molar-refractivity contribution in [1.82, 2.24) is 9.88 Å². The summed E-state index contributed by atoms with van der Waals surface area (Å²) >= 11 is 5.68. The van der Waals surface area contributed by atoms with E-state index in [2.05, 4.69) is 16.0 Å². The first-order valence-electron chi connectivity index (χ1n) is 10.5. The predicted molar refractivity (Wildman–Crippen MR) is 124 cm³/mol. The van der Waals surface area contributed by atoms with Gasteiger partial charge in [0.15, 0.2) is 0 Å². The number of phenolic OH excluding ortho intramolecular Hbond substituents is 1. The van der Waals surface area contributed by atoms with Crippen LogP contribution in [0.5, 0.6) is 11.5 Å². The molecule has 2 aromatic carbocycles. The minimum Gasteiger partial charge on any atom is -0.508 e. The molecule has 162 valence electrons. The number of likely N-dealkylation sites (tertiary alicyclic amines) is 1. The van der Waals surface area contributed by atoms with E-state index in [4.69, 9.17) is 22.1 Å². The highest BCUT2D eigenvalue weighted by atomic mass is 32.1. The van der Waals surface area contributed by atoms with Crippen LogP contribution in [0.4, 0.5) is 4.79 Å². The number of rotatable bonds is 7. The molecular formula is C24H26N2O4S. The van der Waals surface area contributed by atoms with Gasteiger partial charge in [-0.15, -0.1) is 0 Å². The Labute approximate surface area is 186 Å². The summed E-state index contributed by atoms with van der Waals surface area (Å²) in [6, 6.07) is 12.8. The van der Waals surface area contributed by atoms with Gasteiger partial charge in [0.25, 0.3) is 0 Å². The number of hydrogen-bond acceptors (Lipinski definition) is 5. The Morgan fingerprint density at radius 1 is 1.26 bits per heavy atom. The zero-order valence-corrected chi connectivity index (χ0v) is 18.0. The second kappa shape index (κ2) is 9.49. The number of benzene rings is 2. The number of ether oxygens (including phenoxy) is 1. The molecule has 1 aromatic heterocycles. The summed E-state index contributed by atoms with van der Waals surface area (Å²) in [5, 5.41) is 19.5. The molecule has 6 nitrogen and oxygen atoms in total. The van der Waals surface area contributed by atoms with Gasteiger partial charge in [0.05, 0.1) is 0 Å². The topological polar surface area (TPSA) is 85.8 Å². The Balaban J connectivity index is 1.34. The number of carbonyl (C=O) groups is 1. The molecule has 1 fully saturated rings. The molecule has 0 saturated carbocycles. The molecule has 2 heterocycles. The van der Waals surface area contributed by atoms with Gasteiger partial charge in [-0.05, 0) is 78.0 Å². The van der Waals surface area contributed by atoms with Crippen molar-refractivity contribution in [3.8, 4) is 11.5 Å². The first-order valence-corrected chi connectivity index (χ1v) is 10.9. The third-order valence-corrected chi connectivity index (χ3v) is 6.23. The zero-order valence-electron chi connectivity index (χ0n) is 17.2. The number of hydrogen-bond donors (Lipinski definition) is 3. The van der Waals surface area contributed by atoms with Crippen molar-refractivity contribution in [1.29, 1.82) is 0 Å². The summed E-state index contributed by atoms with van der Waals surface area (Å²) in [5.74, 6) is 1.07. The Morgan fingerprint density at radius 2 is 2.13 bits per heavy atom. The summed E-state index contributed by atoms with van der Waals surface area (Å²) in [7, 11) is 0. The largest absolute Gasteiger partial charge is 0.511 e. The first kappa shape index (κ1) is 21.3. The molecule has 3 aromatic rings. The van der Waals surface area contributed by atoms with Crippen LogP contribution in [0.15, 0.2) is 48.7 Å². The Hall–Kier alpha value is -2.90. The Bertz CT molecular complexity index is 1090. The molecule has 1 aliphatic rings. The van der Waals surface area contributed by atoms with Crippen LogP contribution in [0.2, 0.25) is 0 Å². The quantitative estimate of drug-likeness (QED) is 0.270. The monoisotopic (exact) mass is 438 g/mol. The number of thiocarbonyl (C=S) groups is 1. The van der Waals surface area contributed by atoms with Crippen molar-refractivity contribution >= 4 is 34.1 Å². The average molecular weight is 439 g/mol. The van der Waals surface area contributed by atoms with Crippen molar-refractivity contribution in [2.45, 2.75) is 31.6 Å². The number of carboxylic acid groups (broad SMARTS) is 1. The van der Waals surface area contributed by atoms with Gasteiger partial charge in [-0.25, -0.2) is 4.79 Å². The van der Waals surface area contributed by atoms with E-state index < -0.39 is 6.16 Å². The molecular weight excluding hydrogens is 412 g/mol. The van der Waals surface area contributed by atoms with Gasteiger partial charge in [0.1, 0.15) is 11.5 Å². The fraction of sp³-hybridized carbons (Fsp3) is 0.333. The predicted octanol–water partition coefficient (Wildman–Crippen LogP) is 5.11. The first-order chi connectivity index (χ1) is 15.0. The van der Waals surface area contributed by atoms with Crippen LogP contribution in [-0.4, -0.2) is 50.8 Å². The van der Waals surface area contributed by atoms with Crippen molar-refractivity contribution < 1.29 is 19.7 Å². The smallest absolute Gasteiger partial charge is 0.508 e.